The lowest BCUT2D eigenvalue weighted by Gasteiger charge is -2.37. The van der Waals surface area contributed by atoms with Crippen LogP contribution in [0.2, 0.25) is 0 Å². The van der Waals surface area contributed by atoms with Gasteiger partial charge in [-0.2, -0.15) is 4.98 Å². The van der Waals surface area contributed by atoms with Crippen molar-refractivity contribution in [1.82, 2.24) is 19.9 Å². The van der Waals surface area contributed by atoms with Crippen LogP contribution in [-0.4, -0.2) is 71.5 Å². The minimum absolute atomic E-state index is 0.0792. The summed E-state index contributed by atoms with van der Waals surface area (Å²) >= 11 is 0. The molecule has 4 heterocycles. The molecule has 2 aliphatic rings. The molecule has 0 aromatic carbocycles. The van der Waals surface area contributed by atoms with Gasteiger partial charge in [0.25, 0.3) is 6.43 Å². The standard InChI is InChI=1S/C19H24F2N6O2/c1-12-9-28-5-3-26(12)16-7-15(14-8-22-11-23-17(14)18(20)21)24-19(25-16)27-4-6-29-10-13(27)2/h7-8,11-13,18H,3-6,9-10H2,1-2H3/t12-,13-/m0/s1. The molecule has 4 rings (SSSR count). The fraction of sp³-hybridized carbons (Fsp3) is 0.579. The van der Waals surface area contributed by atoms with Gasteiger partial charge in [-0.15, -0.1) is 0 Å². The van der Waals surface area contributed by atoms with Crippen LogP contribution in [0.25, 0.3) is 11.3 Å². The molecule has 29 heavy (non-hydrogen) atoms. The highest BCUT2D eigenvalue weighted by Crippen LogP contribution is 2.32. The summed E-state index contributed by atoms with van der Waals surface area (Å²) in [5.41, 5.74) is 0.271. The number of halogens is 2. The van der Waals surface area contributed by atoms with Crippen molar-refractivity contribution in [1.29, 1.82) is 0 Å². The van der Waals surface area contributed by atoms with E-state index in [1.54, 1.807) is 6.07 Å². The molecule has 2 fully saturated rings. The van der Waals surface area contributed by atoms with Crippen LogP contribution in [-0.2, 0) is 9.47 Å². The average Bonchev–Trinajstić information content (AvgIpc) is 2.74. The predicted molar refractivity (Wildman–Crippen MR) is 103 cm³/mol. The summed E-state index contributed by atoms with van der Waals surface area (Å²) in [6.45, 7) is 7.68. The smallest absolute Gasteiger partial charge is 0.281 e. The van der Waals surface area contributed by atoms with E-state index in [0.29, 0.717) is 57.0 Å². The molecule has 2 atom stereocenters. The lowest BCUT2D eigenvalue weighted by molar-refractivity contribution is 0.0972. The average molecular weight is 406 g/mol. The first-order valence-corrected chi connectivity index (χ1v) is 9.71. The summed E-state index contributed by atoms with van der Waals surface area (Å²) in [4.78, 5) is 21.3. The number of morpholine rings is 2. The van der Waals surface area contributed by atoms with Gasteiger partial charge in [0, 0.05) is 30.9 Å². The van der Waals surface area contributed by atoms with E-state index in [-0.39, 0.29) is 23.3 Å². The SMILES string of the molecule is C[C@H]1COCCN1c1cc(-c2cncnc2C(F)F)nc(N2CCOC[C@@H]2C)n1. The number of alkyl halides is 2. The summed E-state index contributed by atoms with van der Waals surface area (Å²) in [6, 6.07) is 1.93. The highest BCUT2D eigenvalue weighted by atomic mass is 19.3. The molecule has 2 aromatic heterocycles. The second-order valence-electron chi connectivity index (χ2n) is 7.27. The Labute approximate surface area is 167 Å². The normalized spacial score (nSPS) is 22.9. The summed E-state index contributed by atoms with van der Waals surface area (Å²) in [5.74, 6) is 1.18. The minimum Gasteiger partial charge on any atom is -0.377 e. The molecular formula is C19H24F2N6O2. The second kappa shape index (κ2) is 8.50. The molecule has 2 aliphatic heterocycles. The molecule has 2 saturated heterocycles. The van der Waals surface area contributed by atoms with Crippen molar-refractivity contribution >= 4 is 11.8 Å². The van der Waals surface area contributed by atoms with E-state index >= 15 is 0 Å². The zero-order valence-electron chi connectivity index (χ0n) is 16.5. The molecular weight excluding hydrogens is 382 g/mol. The first kappa shape index (κ1) is 19.8. The molecule has 8 nitrogen and oxygen atoms in total. The van der Waals surface area contributed by atoms with Crippen LogP contribution in [0.1, 0.15) is 26.0 Å². The number of nitrogens with zero attached hydrogens (tertiary/aromatic N) is 6. The maximum Gasteiger partial charge on any atom is 0.281 e. The number of hydrogen-bond donors (Lipinski definition) is 0. The van der Waals surface area contributed by atoms with E-state index in [2.05, 4.69) is 19.9 Å². The predicted octanol–water partition coefficient (Wildman–Crippen LogP) is 2.32. The first-order chi connectivity index (χ1) is 14.0. The molecule has 0 unspecified atom stereocenters. The maximum absolute atomic E-state index is 13.6. The topological polar surface area (TPSA) is 76.5 Å². The maximum atomic E-state index is 13.6. The van der Waals surface area contributed by atoms with Crippen LogP contribution >= 0.6 is 0 Å². The Bertz CT molecular complexity index is 815. The number of hydrogen-bond acceptors (Lipinski definition) is 8. The fourth-order valence-electron chi connectivity index (χ4n) is 3.64. The van der Waals surface area contributed by atoms with Gasteiger partial charge in [0.2, 0.25) is 5.95 Å². The van der Waals surface area contributed by atoms with E-state index in [1.807, 2.05) is 18.7 Å². The molecule has 0 bridgehead atoms. The molecule has 156 valence electrons. The van der Waals surface area contributed by atoms with E-state index < -0.39 is 6.43 Å². The molecule has 0 saturated carbocycles. The van der Waals surface area contributed by atoms with Gasteiger partial charge in [-0.25, -0.2) is 23.7 Å². The summed E-state index contributed by atoms with van der Waals surface area (Å²) in [7, 11) is 0. The second-order valence-corrected chi connectivity index (χ2v) is 7.27. The van der Waals surface area contributed by atoms with Gasteiger partial charge >= 0.3 is 0 Å². The Morgan fingerprint density at radius 2 is 1.72 bits per heavy atom. The summed E-state index contributed by atoms with van der Waals surface area (Å²) in [5, 5.41) is 0. The van der Waals surface area contributed by atoms with Crippen molar-refractivity contribution in [2.45, 2.75) is 32.4 Å². The van der Waals surface area contributed by atoms with Crippen molar-refractivity contribution in [2.75, 3.05) is 49.3 Å². The van der Waals surface area contributed by atoms with Gasteiger partial charge in [0.1, 0.15) is 17.8 Å². The third kappa shape index (κ3) is 4.13. The Morgan fingerprint density at radius 1 is 1.03 bits per heavy atom. The summed E-state index contributed by atoms with van der Waals surface area (Å²) < 4.78 is 38.2. The largest absolute Gasteiger partial charge is 0.377 e. The quantitative estimate of drug-likeness (QED) is 0.766. The molecule has 10 heteroatoms. The molecule has 0 radical (unpaired) electrons. The zero-order valence-corrected chi connectivity index (χ0v) is 16.5. The highest BCUT2D eigenvalue weighted by Gasteiger charge is 2.27. The third-order valence-electron chi connectivity index (χ3n) is 5.21. The Balaban J connectivity index is 1.82. The van der Waals surface area contributed by atoms with Crippen LogP contribution in [0.3, 0.4) is 0 Å². The Morgan fingerprint density at radius 3 is 2.38 bits per heavy atom. The van der Waals surface area contributed by atoms with Crippen molar-refractivity contribution < 1.29 is 18.3 Å². The van der Waals surface area contributed by atoms with Crippen molar-refractivity contribution in [3.63, 3.8) is 0 Å². The number of ether oxygens (including phenoxy) is 2. The molecule has 2 aromatic rings. The van der Waals surface area contributed by atoms with Gasteiger partial charge in [-0.05, 0) is 13.8 Å². The van der Waals surface area contributed by atoms with Crippen molar-refractivity contribution in [2.24, 2.45) is 0 Å². The Kier molecular flexibility index (Phi) is 5.81. The van der Waals surface area contributed by atoms with E-state index in [9.17, 15) is 8.78 Å². The molecule has 0 aliphatic carbocycles. The number of rotatable bonds is 4. The number of anilines is 2. The van der Waals surface area contributed by atoms with Crippen LogP contribution in [0, 0.1) is 0 Å². The summed E-state index contributed by atoms with van der Waals surface area (Å²) in [6.07, 6.45) is -0.211. The van der Waals surface area contributed by atoms with Gasteiger partial charge in [-0.1, -0.05) is 0 Å². The zero-order chi connectivity index (χ0) is 20.4. The first-order valence-electron chi connectivity index (χ1n) is 9.71. The minimum atomic E-state index is -2.72. The van der Waals surface area contributed by atoms with Crippen LogP contribution in [0.5, 0.6) is 0 Å². The van der Waals surface area contributed by atoms with Crippen molar-refractivity contribution in [3.8, 4) is 11.3 Å². The van der Waals surface area contributed by atoms with Crippen LogP contribution in [0.15, 0.2) is 18.6 Å². The van der Waals surface area contributed by atoms with Gasteiger partial charge < -0.3 is 19.3 Å². The highest BCUT2D eigenvalue weighted by molar-refractivity contribution is 5.67. The molecule has 0 N–H and O–H groups in total. The molecule has 0 amide bonds. The number of aromatic nitrogens is 4. The van der Waals surface area contributed by atoms with Gasteiger partial charge in [0.15, 0.2) is 0 Å². The van der Waals surface area contributed by atoms with Crippen molar-refractivity contribution in [3.05, 3.63) is 24.3 Å². The lowest BCUT2D eigenvalue weighted by atomic mass is 10.1. The van der Waals surface area contributed by atoms with Crippen LogP contribution < -0.4 is 9.80 Å². The fourth-order valence-corrected chi connectivity index (χ4v) is 3.64. The van der Waals surface area contributed by atoms with Gasteiger partial charge in [0.05, 0.1) is 44.2 Å². The van der Waals surface area contributed by atoms with E-state index in [4.69, 9.17) is 14.5 Å². The monoisotopic (exact) mass is 406 g/mol. The van der Waals surface area contributed by atoms with Gasteiger partial charge in [-0.3, -0.25) is 0 Å². The lowest BCUT2D eigenvalue weighted by Crippen LogP contribution is -2.46. The van der Waals surface area contributed by atoms with Crippen LogP contribution in [0.4, 0.5) is 20.5 Å². The third-order valence-corrected chi connectivity index (χ3v) is 5.21. The Hall–Kier alpha value is -2.46. The van der Waals surface area contributed by atoms with E-state index in [1.165, 1.54) is 6.20 Å². The molecule has 0 spiro atoms. The van der Waals surface area contributed by atoms with E-state index in [0.717, 1.165) is 6.33 Å².